The van der Waals surface area contributed by atoms with E-state index in [-0.39, 0.29) is 11.6 Å². The zero-order valence-corrected chi connectivity index (χ0v) is 15.1. The first kappa shape index (κ1) is 17.1. The first-order valence-corrected chi connectivity index (χ1v) is 8.58. The van der Waals surface area contributed by atoms with Crippen molar-refractivity contribution in [3.05, 3.63) is 81.7 Å². The van der Waals surface area contributed by atoms with Crippen LogP contribution < -0.4 is 4.90 Å². The summed E-state index contributed by atoms with van der Waals surface area (Å²) in [6, 6.07) is 16.3. The van der Waals surface area contributed by atoms with Crippen molar-refractivity contribution in [1.29, 1.82) is 0 Å². The molecule has 0 saturated carbocycles. The van der Waals surface area contributed by atoms with Crippen LogP contribution in [-0.2, 0) is 6.54 Å². The number of nitro groups is 1. The Labute approximate surface area is 159 Å². The predicted octanol–water partition coefficient (Wildman–Crippen LogP) is 4.79. The summed E-state index contributed by atoms with van der Waals surface area (Å²) in [5.41, 5.74) is 1.43. The lowest BCUT2D eigenvalue weighted by molar-refractivity contribution is -0.389. The SMILES string of the molecule is CN(Cc1ccc(-c2ccc(Cl)cc2)o1)c1nc2ccccn2c1[N+](=O)[O-]. The summed E-state index contributed by atoms with van der Waals surface area (Å²) in [4.78, 5) is 17.2. The monoisotopic (exact) mass is 382 g/mol. The Balaban J connectivity index is 1.62. The van der Waals surface area contributed by atoms with Crippen LogP contribution in [-0.4, -0.2) is 21.4 Å². The number of hydrogen-bond acceptors (Lipinski definition) is 5. The molecule has 0 spiro atoms. The van der Waals surface area contributed by atoms with Crippen LogP contribution in [0.3, 0.4) is 0 Å². The quantitative estimate of drug-likeness (QED) is 0.366. The van der Waals surface area contributed by atoms with Gasteiger partial charge in [-0.05, 0) is 47.4 Å². The first-order chi connectivity index (χ1) is 13.0. The van der Waals surface area contributed by atoms with Gasteiger partial charge in [-0.3, -0.25) is 0 Å². The minimum Gasteiger partial charge on any atom is -0.459 e. The number of rotatable bonds is 5. The molecule has 0 fully saturated rings. The van der Waals surface area contributed by atoms with Gasteiger partial charge in [-0.15, -0.1) is 0 Å². The van der Waals surface area contributed by atoms with Gasteiger partial charge in [-0.2, -0.15) is 9.38 Å². The van der Waals surface area contributed by atoms with Crippen LogP contribution in [0.25, 0.3) is 17.0 Å². The van der Waals surface area contributed by atoms with Crippen molar-refractivity contribution >= 4 is 28.9 Å². The van der Waals surface area contributed by atoms with E-state index >= 15 is 0 Å². The van der Waals surface area contributed by atoms with Crippen molar-refractivity contribution in [2.45, 2.75) is 6.54 Å². The molecule has 4 rings (SSSR count). The minimum absolute atomic E-state index is 0.0717. The standard InChI is InChI=1S/C19H15ClN4O3/c1-22(18-19(24(25)26)23-11-3-2-4-17(23)21-18)12-15-9-10-16(27-15)13-5-7-14(20)8-6-13/h2-11H,12H2,1H3. The molecule has 4 aromatic rings. The van der Waals surface area contributed by atoms with E-state index in [1.807, 2.05) is 24.3 Å². The van der Waals surface area contributed by atoms with Gasteiger partial charge in [0.2, 0.25) is 11.5 Å². The van der Waals surface area contributed by atoms with Crippen molar-refractivity contribution in [3.63, 3.8) is 0 Å². The van der Waals surface area contributed by atoms with E-state index in [4.69, 9.17) is 16.0 Å². The molecule has 0 bridgehead atoms. The molecule has 0 saturated heterocycles. The van der Waals surface area contributed by atoms with Crippen LogP contribution >= 0.6 is 11.6 Å². The van der Waals surface area contributed by atoms with Crippen LogP contribution in [0.4, 0.5) is 11.6 Å². The maximum atomic E-state index is 11.6. The van der Waals surface area contributed by atoms with Gasteiger partial charge in [0.1, 0.15) is 11.5 Å². The molecule has 8 heteroatoms. The molecule has 7 nitrogen and oxygen atoms in total. The number of halogens is 1. The topological polar surface area (TPSA) is 76.8 Å². The zero-order valence-electron chi connectivity index (χ0n) is 14.4. The van der Waals surface area contributed by atoms with Crippen molar-refractivity contribution in [1.82, 2.24) is 9.38 Å². The molecular weight excluding hydrogens is 368 g/mol. The van der Waals surface area contributed by atoms with Gasteiger partial charge in [0, 0.05) is 23.7 Å². The highest BCUT2D eigenvalue weighted by molar-refractivity contribution is 6.30. The van der Waals surface area contributed by atoms with Crippen molar-refractivity contribution in [3.8, 4) is 11.3 Å². The smallest absolute Gasteiger partial charge is 0.372 e. The van der Waals surface area contributed by atoms with Crippen LogP contribution in [0.15, 0.2) is 65.2 Å². The summed E-state index contributed by atoms with van der Waals surface area (Å²) in [6.45, 7) is 0.346. The third kappa shape index (κ3) is 3.24. The van der Waals surface area contributed by atoms with Gasteiger partial charge in [0.25, 0.3) is 0 Å². The van der Waals surface area contributed by atoms with Crippen LogP contribution in [0.1, 0.15) is 5.76 Å². The van der Waals surface area contributed by atoms with E-state index in [1.165, 1.54) is 4.40 Å². The molecule has 27 heavy (non-hydrogen) atoms. The molecular formula is C19H15ClN4O3. The number of benzene rings is 1. The highest BCUT2D eigenvalue weighted by Gasteiger charge is 2.25. The number of nitrogens with zero attached hydrogens (tertiary/aromatic N) is 4. The van der Waals surface area contributed by atoms with Crippen LogP contribution in [0.2, 0.25) is 5.02 Å². The Bertz CT molecular complexity index is 1120. The van der Waals surface area contributed by atoms with Crippen molar-refractivity contribution < 1.29 is 9.34 Å². The third-order valence-corrected chi connectivity index (χ3v) is 4.46. The molecule has 3 heterocycles. The lowest BCUT2D eigenvalue weighted by Crippen LogP contribution is -2.17. The number of imidazole rings is 1. The van der Waals surface area contributed by atoms with Crippen molar-refractivity contribution in [2.75, 3.05) is 11.9 Å². The molecule has 136 valence electrons. The van der Waals surface area contributed by atoms with Crippen LogP contribution in [0.5, 0.6) is 0 Å². The molecule has 0 radical (unpaired) electrons. The third-order valence-electron chi connectivity index (χ3n) is 4.20. The lowest BCUT2D eigenvalue weighted by atomic mass is 10.2. The Morgan fingerprint density at radius 3 is 2.70 bits per heavy atom. The van der Waals surface area contributed by atoms with Gasteiger partial charge in [0.05, 0.1) is 12.7 Å². The predicted molar refractivity (Wildman–Crippen MR) is 103 cm³/mol. The molecule has 0 aliphatic heterocycles. The highest BCUT2D eigenvalue weighted by atomic mass is 35.5. The number of hydrogen-bond donors (Lipinski definition) is 0. The molecule has 0 N–H and O–H groups in total. The van der Waals surface area contributed by atoms with E-state index in [9.17, 15) is 10.1 Å². The summed E-state index contributed by atoms with van der Waals surface area (Å²) in [7, 11) is 1.75. The molecule has 0 amide bonds. The van der Waals surface area contributed by atoms with Gasteiger partial charge in [0.15, 0.2) is 0 Å². The minimum atomic E-state index is -0.424. The molecule has 0 unspecified atom stereocenters. The number of fused-ring (bicyclic) bond motifs is 1. The second-order valence-electron chi connectivity index (χ2n) is 6.07. The number of furan rings is 1. The fourth-order valence-electron chi connectivity index (χ4n) is 2.94. The maximum Gasteiger partial charge on any atom is 0.372 e. The zero-order chi connectivity index (χ0) is 19.0. The summed E-state index contributed by atoms with van der Waals surface area (Å²) in [5, 5.41) is 12.2. The Morgan fingerprint density at radius 1 is 1.19 bits per heavy atom. The van der Waals surface area contributed by atoms with E-state index in [0.29, 0.717) is 28.7 Å². The summed E-state index contributed by atoms with van der Waals surface area (Å²) >= 11 is 5.91. The first-order valence-electron chi connectivity index (χ1n) is 8.20. The van der Waals surface area contributed by atoms with E-state index < -0.39 is 4.92 Å². The molecule has 1 aromatic carbocycles. The molecule has 0 atom stereocenters. The summed E-state index contributed by atoms with van der Waals surface area (Å²) in [5.74, 6) is 1.60. The van der Waals surface area contributed by atoms with E-state index in [1.54, 1.807) is 48.5 Å². The van der Waals surface area contributed by atoms with Gasteiger partial charge in [-0.25, -0.2) is 0 Å². The second-order valence-corrected chi connectivity index (χ2v) is 6.51. The van der Waals surface area contributed by atoms with Crippen molar-refractivity contribution in [2.24, 2.45) is 0 Å². The Hall–Kier alpha value is -3.32. The normalized spacial score (nSPS) is 11.0. The molecule has 0 aliphatic carbocycles. The van der Waals surface area contributed by atoms with Crippen LogP contribution in [0, 0.1) is 10.1 Å². The summed E-state index contributed by atoms with van der Waals surface area (Å²) in [6.07, 6.45) is 1.63. The second kappa shape index (κ2) is 6.77. The average Bonchev–Trinajstić information content (AvgIpc) is 3.26. The molecule has 0 aliphatic rings. The fraction of sp³-hybridized carbons (Fsp3) is 0.105. The largest absolute Gasteiger partial charge is 0.459 e. The molecule has 3 aromatic heterocycles. The number of anilines is 1. The lowest BCUT2D eigenvalue weighted by Gasteiger charge is -2.14. The highest BCUT2D eigenvalue weighted by Crippen LogP contribution is 2.30. The Morgan fingerprint density at radius 2 is 1.96 bits per heavy atom. The van der Waals surface area contributed by atoms with Gasteiger partial charge < -0.3 is 19.4 Å². The Kier molecular flexibility index (Phi) is 4.29. The van der Waals surface area contributed by atoms with E-state index in [0.717, 1.165) is 5.56 Å². The number of pyridine rings is 1. The number of aromatic nitrogens is 2. The summed E-state index contributed by atoms with van der Waals surface area (Å²) < 4.78 is 7.35. The van der Waals surface area contributed by atoms with Gasteiger partial charge in [-0.1, -0.05) is 17.7 Å². The average molecular weight is 383 g/mol. The maximum absolute atomic E-state index is 11.6. The van der Waals surface area contributed by atoms with Gasteiger partial charge >= 0.3 is 5.82 Å². The fourth-order valence-corrected chi connectivity index (χ4v) is 3.06. The van der Waals surface area contributed by atoms with E-state index in [2.05, 4.69) is 4.98 Å².